The zero-order valence-electron chi connectivity index (χ0n) is 71.8. The summed E-state index contributed by atoms with van der Waals surface area (Å²) in [5.41, 5.74) is 8.65. The van der Waals surface area contributed by atoms with E-state index in [4.69, 9.17) is 29.4 Å². The van der Waals surface area contributed by atoms with E-state index in [1.54, 1.807) is 34.6 Å². The summed E-state index contributed by atoms with van der Waals surface area (Å²) in [7, 11) is 4.21. The minimum absolute atomic E-state index is 0.00707. The lowest BCUT2D eigenvalue weighted by Crippen LogP contribution is -2.58. The van der Waals surface area contributed by atoms with E-state index >= 15 is 0 Å². The van der Waals surface area contributed by atoms with Crippen molar-refractivity contribution in [3.63, 3.8) is 0 Å². The molecule has 2 aromatic rings. The second-order valence-electron chi connectivity index (χ2n) is 28.9. The molecule has 13 amide bonds. The fraction of sp³-hybridized carbons (Fsp3) is 0.543. The van der Waals surface area contributed by atoms with Crippen LogP contribution in [0.15, 0.2) is 73.8 Å². The number of nitrogens with one attached hydrogen (secondary N) is 13. The zero-order chi connectivity index (χ0) is 93.5. The summed E-state index contributed by atoms with van der Waals surface area (Å²) in [6.45, 7) is 18.3. The van der Waals surface area contributed by atoms with Gasteiger partial charge in [-0.25, -0.2) is 19.2 Å². The van der Waals surface area contributed by atoms with Gasteiger partial charge in [-0.15, -0.1) is 0 Å². The molecule has 1 aliphatic rings. The van der Waals surface area contributed by atoms with Crippen LogP contribution in [0.5, 0.6) is 0 Å². The normalized spacial score (nSPS) is 13.7. The number of carbonyl (C=O) groups excluding carboxylic acids is 21. The molecule has 0 aliphatic heterocycles. The van der Waals surface area contributed by atoms with Crippen molar-refractivity contribution in [1.82, 2.24) is 69.1 Å². The molecule has 0 aromatic heterocycles. The first-order valence-corrected chi connectivity index (χ1v) is 39.4. The summed E-state index contributed by atoms with van der Waals surface area (Å²) in [5.74, 6) is -16.1. The SMILES string of the molecule is C=CCOC(=O)C(CCC(C)=O)NC(=O)C(CC)NC(=O)CNC(=O)C(CC(=O)OC)NC(=O)C(C)NC(=O)C(CC(=O)OC)NC(=O)C(CCCNC(=O)OC(C)(C)C)NC(=O)OCC1c2ccccc2-c2ccccc21.C=CCOC(=O)C(CCC(C)=O)NC(=O)C(CC)NC(=O)CNC(=O)C(CC(=O)OC)NC(=O)C(C)NC(=O)C(N)CC(=O)OC. The molecule has 43 heteroatoms. The number of methoxy groups -OCH3 is 4. The lowest BCUT2D eigenvalue weighted by molar-refractivity contribution is -0.147. The highest BCUT2D eigenvalue weighted by atomic mass is 16.6. The number of fused-ring (bicyclic) bond motifs is 3. The van der Waals surface area contributed by atoms with Crippen LogP contribution in [0.3, 0.4) is 0 Å². The molecule has 0 spiro atoms. The number of ether oxygens (including phenoxy) is 8. The van der Waals surface area contributed by atoms with Gasteiger partial charge in [-0.2, -0.15) is 0 Å². The lowest BCUT2D eigenvalue weighted by Gasteiger charge is -2.25. The van der Waals surface area contributed by atoms with Crippen LogP contribution in [-0.2, 0) is 129 Å². The molecule has 1 aliphatic carbocycles. The molecule has 43 nitrogen and oxygen atoms in total. The molecule has 0 saturated heterocycles. The Morgan fingerprint density at radius 3 is 1.17 bits per heavy atom. The predicted octanol–water partition coefficient (Wildman–Crippen LogP) is -1.58. The molecule has 684 valence electrons. The van der Waals surface area contributed by atoms with Gasteiger partial charge in [-0.3, -0.25) is 71.9 Å². The molecule has 11 unspecified atom stereocenters. The first-order valence-electron chi connectivity index (χ1n) is 39.4. The number of esters is 6. The van der Waals surface area contributed by atoms with Gasteiger partial charge in [0.05, 0.1) is 73.3 Å². The highest BCUT2D eigenvalue weighted by molar-refractivity contribution is 6.00. The molecule has 0 bridgehead atoms. The average Bonchev–Trinajstić information content (AvgIpc) is 1.61. The molecule has 3 rings (SSSR count). The second kappa shape index (κ2) is 55.6. The van der Waals surface area contributed by atoms with Crippen LogP contribution in [0.2, 0.25) is 0 Å². The van der Waals surface area contributed by atoms with Crippen molar-refractivity contribution in [3.8, 4) is 11.1 Å². The van der Waals surface area contributed by atoms with Gasteiger partial charge in [0.1, 0.15) is 97.4 Å². The second-order valence-corrected chi connectivity index (χ2v) is 28.9. The monoisotopic (exact) mass is 1750 g/mol. The van der Waals surface area contributed by atoms with Crippen molar-refractivity contribution < 1.29 is 139 Å². The molecule has 0 heterocycles. The van der Waals surface area contributed by atoms with Crippen LogP contribution < -0.4 is 74.9 Å². The Balaban J connectivity index is 0.000000965. The quantitative estimate of drug-likeness (QED) is 0.0154. The molecule has 15 N–H and O–H groups in total. The predicted molar refractivity (Wildman–Crippen MR) is 437 cm³/mol. The number of carbonyl (C=O) groups is 21. The standard InChI is InChI=1S/C53H72N8O17.C28H44N6O12/c1-10-25-76-50(71)39(23-22-30(3)62)58-47(68)37(11-2)57-42(63)28-55-46(67)40(26-43(64)74-8)59-45(66)31(4)56-49(70)41(27-44(65)75-9)60-48(69)38(21-16-24-54-51(72)78-53(5,6)7)61-52(73)77-29-36-34-19-14-12-17-32(34)33-18-13-15-20-35(33)36;1-7-11-46-28(43)19(10-9-15(3)35)33-27(42)18(8-2)32-21(36)14-30-26(41)20(13-23(38)45-6)34-24(39)16(4)31-25(40)17(29)12-22(37)44-5/h10,12-15,17-20,31,36-41H,1,11,16,21-29H2,2-9H3,(H,54,72)(H,55,67)(H,56,70)(H,57,63)(H,58,68)(H,59,66)(H,60,69)(H,61,73);7,16-20H,1,8-14,29H2,2-6H3,(H,30,41)(H,31,40)(H,32,36)(H,33,42)(H,34,39). The Hall–Kier alpha value is -13.2. The van der Waals surface area contributed by atoms with Crippen LogP contribution >= 0.6 is 0 Å². The summed E-state index contributed by atoms with van der Waals surface area (Å²) >= 11 is 0. The maximum Gasteiger partial charge on any atom is 0.407 e. The average molecular weight is 1750 g/mol. The number of benzene rings is 2. The highest BCUT2D eigenvalue weighted by Crippen LogP contribution is 2.44. The lowest BCUT2D eigenvalue weighted by atomic mass is 9.98. The van der Waals surface area contributed by atoms with Gasteiger partial charge in [0, 0.05) is 25.3 Å². The van der Waals surface area contributed by atoms with Crippen LogP contribution in [0.4, 0.5) is 9.59 Å². The summed E-state index contributed by atoms with van der Waals surface area (Å²) in [5, 5.41) is 30.9. The number of hydrogen-bond acceptors (Lipinski definition) is 30. The number of Topliss-reactive ketones (excluding diaryl/α,β-unsaturated/α-hetero) is 2. The van der Waals surface area contributed by atoms with Crippen molar-refractivity contribution in [1.29, 1.82) is 0 Å². The van der Waals surface area contributed by atoms with Gasteiger partial charge >= 0.3 is 48.0 Å². The number of ketones is 2. The van der Waals surface area contributed by atoms with Crippen LogP contribution in [0, 0.1) is 0 Å². The molecule has 11 atom stereocenters. The van der Waals surface area contributed by atoms with Gasteiger partial charge in [-0.05, 0) is 109 Å². The molecule has 2 aromatic carbocycles. The van der Waals surface area contributed by atoms with E-state index in [2.05, 4.69) is 96.5 Å². The van der Waals surface area contributed by atoms with Gasteiger partial charge in [0.25, 0.3) is 0 Å². The Kier molecular flexibility index (Phi) is 47.9. The van der Waals surface area contributed by atoms with E-state index in [0.717, 1.165) is 50.7 Å². The smallest absolute Gasteiger partial charge is 0.407 e. The molecule has 0 fully saturated rings. The summed E-state index contributed by atoms with van der Waals surface area (Å²) in [6.07, 6.45) is -1.80. The third-order valence-electron chi connectivity index (χ3n) is 17.9. The minimum atomic E-state index is -1.73. The van der Waals surface area contributed by atoms with E-state index in [-0.39, 0.29) is 95.2 Å². The summed E-state index contributed by atoms with van der Waals surface area (Å²) < 4.78 is 39.4. The molecule has 0 radical (unpaired) electrons. The van der Waals surface area contributed by atoms with E-state index in [1.165, 1.54) is 39.8 Å². The van der Waals surface area contributed by atoms with Crippen LogP contribution in [0.25, 0.3) is 11.1 Å². The van der Waals surface area contributed by atoms with E-state index in [0.29, 0.717) is 0 Å². The van der Waals surface area contributed by atoms with Gasteiger partial charge in [0.15, 0.2) is 0 Å². The van der Waals surface area contributed by atoms with Gasteiger partial charge in [-0.1, -0.05) is 87.7 Å². The Labute approximate surface area is 716 Å². The largest absolute Gasteiger partial charge is 0.469 e. The van der Waals surface area contributed by atoms with E-state index < -0.39 is 224 Å². The third-order valence-corrected chi connectivity index (χ3v) is 17.9. The fourth-order valence-corrected chi connectivity index (χ4v) is 11.2. The fourth-order valence-electron chi connectivity index (χ4n) is 11.2. The summed E-state index contributed by atoms with van der Waals surface area (Å²) in [4.78, 5) is 266. The van der Waals surface area contributed by atoms with Crippen LogP contribution in [-0.4, -0.2) is 265 Å². The van der Waals surface area contributed by atoms with Crippen molar-refractivity contribution >= 4 is 125 Å². The van der Waals surface area contributed by atoms with Crippen LogP contribution in [0.1, 0.15) is 156 Å². The first kappa shape index (κ1) is 107. The maximum absolute atomic E-state index is 14.0. The number of rotatable bonds is 51. The minimum Gasteiger partial charge on any atom is -0.469 e. The molecular weight excluding hydrogens is 1630 g/mol. The number of nitrogens with two attached hydrogens (primary N) is 1. The van der Waals surface area contributed by atoms with Gasteiger partial charge < -0.3 is 122 Å². The first-order chi connectivity index (χ1) is 58.5. The summed E-state index contributed by atoms with van der Waals surface area (Å²) in [6, 6.07) is 0.0572. The van der Waals surface area contributed by atoms with Crippen molar-refractivity contribution in [3.05, 3.63) is 85.0 Å². The van der Waals surface area contributed by atoms with E-state index in [1.807, 2.05) is 48.5 Å². The van der Waals surface area contributed by atoms with Crippen molar-refractivity contribution in [2.75, 3.05) is 67.9 Å². The number of alkyl carbamates (subject to hydrolysis) is 2. The van der Waals surface area contributed by atoms with Crippen molar-refractivity contribution in [2.45, 2.75) is 217 Å². The Morgan fingerprint density at radius 2 is 0.782 bits per heavy atom. The molecule has 0 saturated carbocycles. The van der Waals surface area contributed by atoms with E-state index in [9.17, 15) is 101 Å². The Morgan fingerprint density at radius 1 is 0.419 bits per heavy atom. The molecule has 124 heavy (non-hydrogen) atoms. The van der Waals surface area contributed by atoms with Gasteiger partial charge in [0.2, 0.25) is 65.0 Å². The third kappa shape index (κ3) is 40.0. The zero-order valence-corrected chi connectivity index (χ0v) is 71.8. The Bertz CT molecular complexity index is 4080. The molecular formula is C81H116N14O29. The topological polar surface area (TPSA) is 615 Å². The highest BCUT2D eigenvalue weighted by Gasteiger charge is 2.37. The maximum atomic E-state index is 14.0. The van der Waals surface area contributed by atoms with Crippen molar-refractivity contribution in [2.24, 2.45) is 5.73 Å². The number of hydrogen-bond donors (Lipinski definition) is 14. The number of amides is 13.